The first-order chi connectivity index (χ1) is 12.9. The Bertz CT molecular complexity index is 1120. The number of H-pyrrole nitrogens is 1. The number of aliphatic hydroxyl groups excluding tert-OH is 1. The lowest BCUT2D eigenvalue weighted by atomic mass is 10.0. The number of aromatic nitrogens is 4. The van der Waals surface area contributed by atoms with Gasteiger partial charge in [0.05, 0.1) is 17.8 Å². The van der Waals surface area contributed by atoms with Gasteiger partial charge in [0, 0.05) is 47.7 Å². The topological polar surface area (TPSA) is 95.8 Å². The Morgan fingerprint density at radius 3 is 2.78 bits per heavy atom. The lowest BCUT2D eigenvalue weighted by molar-refractivity contribution is 0.0869. The van der Waals surface area contributed by atoms with E-state index in [0.717, 1.165) is 33.3 Å². The molecule has 7 nitrogen and oxygen atoms in total. The van der Waals surface area contributed by atoms with Gasteiger partial charge in [0.25, 0.3) is 5.91 Å². The van der Waals surface area contributed by atoms with Gasteiger partial charge < -0.3 is 20.0 Å². The molecule has 0 unspecified atom stereocenters. The highest BCUT2D eigenvalue weighted by atomic mass is 16.3. The Balaban J connectivity index is 1.81. The number of aliphatic hydroxyl groups is 1. The highest BCUT2D eigenvalue weighted by Crippen LogP contribution is 2.31. The van der Waals surface area contributed by atoms with Crippen molar-refractivity contribution >= 4 is 28.0 Å². The fraction of sp³-hybridized carbons (Fsp3) is 0.250. The van der Waals surface area contributed by atoms with Crippen LogP contribution in [0.25, 0.3) is 33.3 Å². The number of rotatable bonds is 4. The minimum Gasteiger partial charge on any atom is -0.394 e. The molecule has 0 aliphatic heterocycles. The smallest absolute Gasteiger partial charge is 0.251 e. The molecular weight excluding hydrogens is 342 g/mol. The Hall–Kier alpha value is -3.19. The van der Waals surface area contributed by atoms with E-state index in [2.05, 4.69) is 20.3 Å². The molecule has 3 N–H and O–H groups in total. The average molecular weight is 363 g/mol. The van der Waals surface area contributed by atoms with E-state index in [0.29, 0.717) is 5.56 Å². The lowest BCUT2D eigenvalue weighted by Crippen LogP contribution is -2.46. The lowest BCUT2D eigenvalue weighted by Gasteiger charge is -2.23. The second-order valence-corrected chi connectivity index (χ2v) is 7.35. The van der Waals surface area contributed by atoms with Crippen molar-refractivity contribution in [1.82, 2.24) is 24.8 Å². The number of carbonyl (C=O) groups excluding carboxylic acids is 1. The minimum absolute atomic E-state index is 0.132. The summed E-state index contributed by atoms with van der Waals surface area (Å²) in [7, 11) is 1.97. The third kappa shape index (κ3) is 3.06. The van der Waals surface area contributed by atoms with Gasteiger partial charge in [-0.25, -0.2) is 4.98 Å². The molecule has 3 aromatic heterocycles. The van der Waals surface area contributed by atoms with E-state index in [1.165, 1.54) is 0 Å². The first kappa shape index (κ1) is 17.2. The van der Waals surface area contributed by atoms with Crippen molar-refractivity contribution in [2.24, 2.45) is 7.05 Å². The number of fused-ring (bicyclic) bond motifs is 2. The van der Waals surface area contributed by atoms with Gasteiger partial charge in [0.1, 0.15) is 5.52 Å². The van der Waals surface area contributed by atoms with Gasteiger partial charge in [-0.3, -0.25) is 9.78 Å². The molecule has 27 heavy (non-hydrogen) atoms. The molecule has 4 rings (SSSR count). The van der Waals surface area contributed by atoms with Crippen LogP contribution in [-0.4, -0.2) is 42.7 Å². The molecule has 0 aliphatic rings. The summed E-state index contributed by atoms with van der Waals surface area (Å²) in [5.41, 5.74) is 4.27. The first-order valence-electron chi connectivity index (χ1n) is 8.70. The quantitative estimate of drug-likeness (QED) is 0.519. The van der Waals surface area contributed by atoms with Crippen LogP contribution in [0, 0.1) is 0 Å². The van der Waals surface area contributed by atoms with Crippen LogP contribution >= 0.6 is 0 Å². The standard InChI is InChI=1S/C20H21N5O2/c1-20(2,11-26)24-19(27)12-4-5-17-13(8-12)14(10-25(17)3)15-9-16-18(23-15)22-7-6-21-16/h4-10,26H,11H2,1-3H3,(H,22,23)(H,24,27). The highest BCUT2D eigenvalue weighted by Gasteiger charge is 2.21. The van der Waals surface area contributed by atoms with Gasteiger partial charge in [-0.05, 0) is 38.1 Å². The fourth-order valence-electron chi connectivity index (χ4n) is 3.16. The molecule has 7 heteroatoms. The van der Waals surface area contributed by atoms with Crippen molar-refractivity contribution in [2.75, 3.05) is 6.61 Å². The molecule has 0 aliphatic carbocycles. The van der Waals surface area contributed by atoms with Crippen molar-refractivity contribution in [3.63, 3.8) is 0 Å². The Kier molecular flexibility index (Phi) is 3.96. The maximum atomic E-state index is 12.6. The molecule has 1 aromatic carbocycles. The number of nitrogens with zero attached hydrogens (tertiary/aromatic N) is 3. The molecule has 3 heterocycles. The largest absolute Gasteiger partial charge is 0.394 e. The van der Waals surface area contributed by atoms with Crippen LogP contribution < -0.4 is 5.32 Å². The zero-order valence-corrected chi connectivity index (χ0v) is 15.4. The Morgan fingerprint density at radius 2 is 2.04 bits per heavy atom. The molecule has 0 radical (unpaired) electrons. The van der Waals surface area contributed by atoms with E-state index in [1.54, 1.807) is 32.3 Å². The van der Waals surface area contributed by atoms with E-state index >= 15 is 0 Å². The number of hydrogen-bond acceptors (Lipinski definition) is 4. The third-order valence-corrected chi connectivity index (χ3v) is 4.65. The molecule has 1 amide bonds. The van der Waals surface area contributed by atoms with Crippen LogP contribution in [0.3, 0.4) is 0 Å². The summed E-state index contributed by atoms with van der Waals surface area (Å²) in [4.78, 5) is 24.5. The van der Waals surface area contributed by atoms with Gasteiger partial charge in [-0.2, -0.15) is 0 Å². The summed E-state index contributed by atoms with van der Waals surface area (Å²) < 4.78 is 2.02. The van der Waals surface area contributed by atoms with E-state index in [-0.39, 0.29) is 12.5 Å². The summed E-state index contributed by atoms with van der Waals surface area (Å²) in [5, 5.41) is 13.2. The predicted octanol–water partition coefficient (Wildman–Crippen LogP) is 2.62. The van der Waals surface area contributed by atoms with Gasteiger partial charge in [0.15, 0.2) is 5.65 Å². The predicted molar refractivity (Wildman–Crippen MR) is 104 cm³/mol. The van der Waals surface area contributed by atoms with E-state index in [1.807, 2.05) is 36.0 Å². The van der Waals surface area contributed by atoms with Crippen LogP contribution in [0.4, 0.5) is 0 Å². The van der Waals surface area contributed by atoms with Crippen LogP contribution in [0.15, 0.2) is 42.9 Å². The van der Waals surface area contributed by atoms with Gasteiger partial charge in [-0.15, -0.1) is 0 Å². The summed E-state index contributed by atoms with van der Waals surface area (Å²) in [5.74, 6) is -0.217. The maximum Gasteiger partial charge on any atom is 0.251 e. The number of hydrogen-bond donors (Lipinski definition) is 3. The second-order valence-electron chi connectivity index (χ2n) is 7.35. The summed E-state index contributed by atoms with van der Waals surface area (Å²) in [6.07, 6.45) is 5.33. The van der Waals surface area contributed by atoms with E-state index in [4.69, 9.17) is 0 Å². The highest BCUT2D eigenvalue weighted by molar-refractivity contribution is 6.03. The van der Waals surface area contributed by atoms with Crippen LogP contribution in [-0.2, 0) is 7.05 Å². The molecule has 0 spiro atoms. The number of carbonyl (C=O) groups is 1. The molecule has 4 aromatic rings. The normalized spacial score (nSPS) is 12.0. The van der Waals surface area contributed by atoms with E-state index in [9.17, 15) is 9.90 Å². The van der Waals surface area contributed by atoms with E-state index < -0.39 is 5.54 Å². The van der Waals surface area contributed by atoms with Gasteiger partial charge >= 0.3 is 0 Å². The number of amides is 1. The van der Waals surface area contributed by atoms with Crippen molar-refractivity contribution < 1.29 is 9.90 Å². The number of aryl methyl sites for hydroxylation is 1. The molecule has 0 saturated carbocycles. The Labute approximate surface area is 156 Å². The summed E-state index contributed by atoms with van der Waals surface area (Å²) in [6, 6.07) is 7.56. The third-order valence-electron chi connectivity index (χ3n) is 4.65. The Morgan fingerprint density at radius 1 is 1.26 bits per heavy atom. The summed E-state index contributed by atoms with van der Waals surface area (Å²) >= 11 is 0. The zero-order valence-electron chi connectivity index (χ0n) is 15.4. The molecular formula is C20H21N5O2. The van der Waals surface area contributed by atoms with Crippen LogP contribution in [0.5, 0.6) is 0 Å². The SMILES string of the molecule is Cn1cc(-c2cc3nccnc3[nH]2)c2cc(C(=O)NC(C)(C)CO)ccc21. The van der Waals surface area contributed by atoms with Crippen molar-refractivity contribution in [1.29, 1.82) is 0 Å². The second kappa shape index (κ2) is 6.21. The number of benzene rings is 1. The molecule has 0 atom stereocenters. The van der Waals surface area contributed by atoms with Crippen molar-refractivity contribution in [2.45, 2.75) is 19.4 Å². The monoisotopic (exact) mass is 363 g/mol. The first-order valence-corrected chi connectivity index (χ1v) is 8.70. The average Bonchev–Trinajstić information content (AvgIpc) is 3.22. The number of nitrogens with one attached hydrogen (secondary N) is 2. The number of aromatic amines is 1. The van der Waals surface area contributed by atoms with Crippen molar-refractivity contribution in [3.05, 3.63) is 48.4 Å². The van der Waals surface area contributed by atoms with Crippen LogP contribution in [0.2, 0.25) is 0 Å². The summed E-state index contributed by atoms with van der Waals surface area (Å²) in [6.45, 7) is 3.43. The molecule has 0 saturated heterocycles. The van der Waals surface area contributed by atoms with Crippen molar-refractivity contribution in [3.8, 4) is 11.3 Å². The molecule has 138 valence electrons. The van der Waals surface area contributed by atoms with Gasteiger partial charge in [0.2, 0.25) is 0 Å². The maximum absolute atomic E-state index is 12.6. The minimum atomic E-state index is -0.680. The molecule has 0 fully saturated rings. The van der Waals surface area contributed by atoms with Gasteiger partial charge in [-0.1, -0.05) is 0 Å². The zero-order chi connectivity index (χ0) is 19.2. The van der Waals surface area contributed by atoms with Crippen LogP contribution in [0.1, 0.15) is 24.2 Å². The molecule has 0 bridgehead atoms. The fourth-order valence-corrected chi connectivity index (χ4v) is 3.16.